The lowest BCUT2D eigenvalue weighted by molar-refractivity contribution is -0.346. The highest BCUT2D eigenvalue weighted by molar-refractivity contribution is 7.46. The Morgan fingerprint density at radius 2 is 1.72 bits per heavy atom. The van der Waals surface area contributed by atoms with Gasteiger partial charge in [0.05, 0.1) is 20.5 Å². The van der Waals surface area contributed by atoms with Crippen LogP contribution in [-0.2, 0) is 18.2 Å². The third-order valence-electron chi connectivity index (χ3n) is 2.15. The van der Waals surface area contributed by atoms with Gasteiger partial charge < -0.3 is 28.7 Å². The van der Waals surface area contributed by atoms with Crippen LogP contribution in [0.5, 0.6) is 0 Å². The van der Waals surface area contributed by atoms with E-state index in [2.05, 4.69) is 9.05 Å². The van der Waals surface area contributed by atoms with Gasteiger partial charge in [-0.15, -0.1) is 0 Å². The molecule has 0 saturated carbocycles. The molecule has 0 amide bonds. The fraction of sp³-hybridized carbons (Fsp3) is 1.00. The molecule has 0 aromatic rings. The Morgan fingerprint density at radius 3 is 2.11 bits per heavy atom. The second-order valence-corrected chi connectivity index (χ2v) is 6.50. The molecule has 0 bridgehead atoms. The van der Waals surface area contributed by atoms with Crippen LogP contribution in [0.4, 0.5) is 0 Å². The van der Waals surface area contributed by atoms with Crippen molar-refractivity contribution in [3.63, 3.8) is 0 Å². The standard InChI is InChI=1S/C8H20O8P2/c1-7(2)8(16-18(12,13)14)5-3-4-6-15-17(9,10)11/h7-8H,3-6H2,1-2H3,(H2,9,10,11)(H2,12,13,14)/p-2. The van der Waals surface area contributed by atoms with Crippen molar-refractivity contribution in [2.45, 2.75) is 39.2 Å². The Balaban J connectivity index is 3.92. The van der Waals surface area contributed by atoms with Gasteiger partial charge in [-0.25, -0.2) is 4.57 Å². The highest BCUT2D eigenvalue weighted by Crippen LogP contribution is 2.36. The molecular weight excluding hydrogens is 286 g/mol. The van der Waals surface area contributed by atoms with Gasteiger partial charge in [0.2, 0.25) is 0 Å². The van der Waals surface area contributed by atoms with Gasteiger partial charge in [-0.05, 0) is 25.2 Å². The van der Waals surface area contributed by atoms with E-state index in [1.807, 2.05) is 0 Å². The lowest BCUT2D eigenvalue weighted by Crippen LogP contribution is -2.26. The molecule has 0 saturated heterocycles. The summed E-state index contributed by atoms with van der Waals surface area (Å²) in [7, 11) is -9.47. The smallest absolute Gasteiger partial charge is 0.469 e. The van der Waals surface area contributed by atoms with Crippen molar-refractivity contribution < 1.29 is 37.8 Å². The molecular formula is C8H18O8P2-2. The fourth-order valence-electron chi connectivity index (χ4n) is 1.30. The van der Waals surface area contributed by atoms with Crippen molar-refractivity contribution in [3.8, 4) is 0 Å². The van der Waals surface area contributed by atoms with Crippen molar-refractivity contribution in [2.75, 3.05) is 6.61 Å². The van der Waals surface area contributed by atoms with Crippen LogP contribution in [-0.4, -0.2) is 22.5 Å². The van der Waals surface area contributed by atoms with E-state index in [4.69, 9.17) is 9.79 Å². The second-order valence-electron chi connectivity index (χ2n) is 4.15. The minimum atomic E-state index is -5.01. The fourth-order valence-corrected chi connectivity index (χ4v) is 2.35. The number of rotatable bonds is 9. The van der Waals surface area contributed by atoms with Gasteiger partial charge in [-0.2, -0.15) is 0 Å². The molecule has 18 heavy (non-hydrogen) atoms. The molecule has 1 unspecified atom stereocenters. The first-order valence-corrected chi connectivity index (χ1v) is 8.41. The molecule has 1 atom stereocenters. The van der Waals surface area contributed by atoms with E-state index in [1.165, 1.54) is 0 Å². The summed E-state index contributed by atoms with van der Waals surface area (Å²) in [5, 5.41) is 0. The van der Waals surface area contributed by atoms with E-state index in [9.17, 15) is 18.9 Å². The summed E-state index contributed by atoms with van der Waals surface area (Å²) in [4.78, 5) is 37.8. The first-order valence-electron chi connectivity index (χ1n) is 5.42. The molecule has 0 aliphatic carbocycles. The van der Waals surface area contributed by atoms with Crippen LogP contribution >= 0.6 is 15.6 Å². The molecule has 0 spiro atoms. The molecule has 110 valence electrons. The van der Waals surface area contributed by atoms with Crippen LogP contribution < -0.4 is 9.79 Å². The Hall–Kier alpha value is 0.220. The first kappa shape index (κ1) is 18.2. The minimum Gasteiger partial charge on any atom is -0.790 e. The average molecular weight is 304 g/mol. The van der Waals surface area contributed by atoms with Crippen LogP contribution in [0.2, 0.25) is 0 Å². The lowest BCUT2D eigenvalue weighted by atomic mass is 10.0. The molecule has 0 aliphatic heterocycles. The van der Waals surface area contributed by atoms with Gasteiger partial charge in [0.25, 0.3) is 0 Å². The van der Waals surface area contributed by atoms with Crippen LogP contribution in [0, 0.1) is 5.92 Å². The maximum Gasteiger partial charge on any atom is 0.469 e. The Bertz CT molecular complexity index is 319. The average Bonchev–Trinajstić information content (AvgIpc) is 2.11. The summed E-state index contributed by atoms with van der Waals surface area (Å²) in [5.74, 6) is -0.149. The molecule has 0 rings (SSSR count). The van der Waals surface area contributed by atoms with Gasteiger partial charge >= 0.3 is 7.82 Å². The van der Waals surface area contributed by atoms with Gasteiger partial charge in [0, 0.05) is 0 Å². The van der Waals surface area contributed by atoms with Gasteiger partial charge in [-0.3, -0.25) is 4.52 Å². The molecule has 10 heteroatoms. The van der Waals surface area contributed by atoms with E-state index >= 15 is 0 Å². The largest absolute Gasteiger partial charge is 0.790 e. The van der Waals surface area contributed by atoms with Crippen LogP contribution in [0.15, 0.2) is 0 Å². The molecule has 2 N–H and O–H groups in total. The van der Waals surface area contributed by atoms with Crippen LogP contribution in [0.25, 0.3) is 0 Å². The Labute approximate surface area is 106 Å². The third-order valence-corrected chi connectivity index (χ3v) is 3.20. The highest BCUT2D eigenvalue weighted by atomic mass is 31.2. The number of hydrogen-bond acceptors (Lipinski definition) is 6. The molecule has 0 radical (unpaired) electrons. The zero-order chi connectivity index (χ0) is 14.4. The minimum absolute atomic E-state index is 0.137. The normalized spacial score (nSPS) is 15.1. The zero-order valence-electron chi connectivity index (χ0n) is 10.2. The van der Waals surface area contributed by atoms with Crippen molar-refractivity contribution in [2.24, 2.45) is 5.92 Å². The predicted octanol–water partition coefficient (Wildman–Crippen LogP) is 0.136. The monoisotopic (exact) mass is 304 g/mol. The zero-order valence-corrected chi connectivity index (χ0v) is 12.0. The SMILES string of the molecule is CC(C)C(CCCCOP(=O)(O)O)OP(=O)([O-])[O-]. The van der Waals surface area contributed by atoms with Gasteiger partial charge in [0.1, 0.15) is 0 Å². The quantitative estimate of drug-likeness (QED) is 0.452. The third kappa shape index (κ3) is 11.3. The van der Waals surface area contributed by atoms with Crippen molar-refractivity contribution in [1.29, 1.82) is 0 Å². The second kappa shape index (κ2) is 7.72. The Kier molecular flexibility index (Phi) is 7.82. The molecule has 0 aliphatic rings. The van der Waals surface area contributed by atoms with Crippen molar-refractivity contribution >= 4 is 15.6 Å². The topological polar surface area (TPSA) is 139 Å². The van der Waals surface area contributed by atoms with Crippen molar-refractivity contribution in [3.05, 3.63) is 0 Å². The van der Waals surface area contributed by atoms with Gasteiger partial charge in [-0.1, -0.05) is 13.8 Å². The summed E-state index contributed by atoms with van der Waals surface area (Å²) >= 11 is 0. The molecule has 0 heterocycles. The maximum absolute atomic E-state index is 10.5. The number of hydrogen-bond donors (Lipinski definition) is 2. The van der Waals surface area contributed by atoms with E-state index in [1.54, 1.807) is 13.8 Å². The molecule has 0 aromatic heterocycles. The number of phosphoric ester groups is 2. The molecule has 8 nitrogen and oxygen atoms in total. The summed E-state index contributed by atoms with van der Waals surface area (Å²) in [6.07, 6.45) is 0.347. The summed E-state index contributed by atoms with van der Waals surface area (Å²) in [6, 6.07) is 0. The van der Waals surface area contributed by atoms with Crippen molar-refractivity contribution in [1.82, 2.24) is 0 Å². The number of phosphoric acid groups is 2. The maximum atomic E-state index is 10.5. The van der Waals surface area contributed by atoms with Gasteiger partial charge in [0.15, 0.2) is 0 Å². The van der Waals surface area contributed by atoms with Crippen LogP contribution in [0.3, 0.4) is 0 Å². The van der Waals surface area contributed by atoms with E-state index in [0.29, 0.717) is 19.3 Å². The molecule has 0 fully saturated rings. The summed E-state index contributed by atoms with van der Waals surface area (Å²) < 4.78 is 29.5. The highest BCUT2D eigenvalue weighted by Gasteiger charge is 2.16. The van der Waals surface area contributed by atoms with E-state index in [-0.39, 0.29) is 12.5 Å². The van der Waals surface area contributed by atoms with E-state index < -0.39 is 21.7 Å². The first-order chi connectivity index (χ1) is 8.01. The molecule has 0 aromatic carbocycles. The van der Waals surface area contributed by atoms with Crippen LogP contribution in [0.1, 0.15) is 33.1 Å². The lowest BCUT2D eigenvalue weighted by Gasteiger charge is -2.35. The summed E-state index contributed by atoms with van der Waals surface area (Å²) in [6.45, 7) is 3.29. The summed E-state index contributed by atoms with van der Waals surface area (Å²) in [5.41, 5.74) is 0. The van der Waals surface area contributed by atoms with E-state index in [0.717, 1.165) is 0 Å². The number of unbranched alkanes of at least 4 members (excludes halogenated alkanes) is 1. The Morgan fingerprint density at radius 1 is 1.17 bits per heavy atom. The predicted molar refractivity (Wildman–Crippen MR) is 59.2 cm³/mol.